The van der Waals surface area contributed by atoms with Gasteiger partial charge in [-0.1, -0.05) is 27.7 Å². The number of hydrogen-bond acceptors (Lipinski definition) is 5. The minimum atomic E-state index is -1.09. The van der Waals surface area contributed by atoms with E-state index < -0.39 is 5.97 Å². The lowest BCUT2D eigenvalue weighted by Gasteiger charge is -2.28. The minimum absolute atomic E-state index is 0.0405. The van der Waals surface area contributed by atoms with Gasteiger partial charge in [-0.3, -0.25) is 4.79 Å². The summed E-state index contributed by atoms with van der Waals surface area (Å²) in [5.74, 6) is -0.623. The third-order valence-corrected chi connectivity index (χ3v) is 4.54. The molecule has 0 amide bonds. The molecule has 0 saturated carbocycles. The summed E-state index contributed by atoms with van der Waals surface area (Å²) in [6.07, 6.45) is 0. The van der Waals surface area contributed by atoms with Gasteiger partial charge in [-0.05, 0) is 28.1 Å². The van der Waals surface area contributed by atoms with Crippen molar-refractivity contribution in [2.75, 3.05) is 31.2 Å². The molecule has 3 rings (SSSR count). The highest BCUT2D eigenvalue weighted by Gasteiger charge is 2.27. The lowest BCUT2D eigenvalue weighted by Crippen LogP contribution is -2.35. The van der Waals surface area contributed by atoms with Crippen LogP contribution < -0.4 is 10.3 Å². The second-order valence-corrected chi connectivity index (χ2v) is 7.58. The number of fused-ring (bicyclic) bond motifs is 1. The van der Waals surface area contributed by atoms with Gasteiger partial charge in [0.25, 0.3) is 0 Å². The van der Waals surface area contributed by atoms with E-state index >= 15 is 0 Å². The molecule has 26 heavy (non-hydrogen) atoms. The van der Waals surface area contributed by atoms with Crippen LogP contribution in [0, 0.1) is 5.41 Å². The molecule has 0 bridgehead atoms. The van der Waals surface area contributed by atoms with Crippen LogP contribution in [0.3, 0.4) is 0 Å². The van der Waals surface area contributed by atoms with Crippen LogP contribution in [0.1, 0.15) is 38.1 Å². The summed E-state index contributed by atoms with van der Waals surface area (Å²) >= 11 is 3.31. The Hall–Kier alpha value is -1.86. The summed E-state index contributed by atoms with van der Waals surface area (Å²) in [5, 5.41) is 9.38. The highest BCUT2D eigenvalue weighted by Crippen LogP contribution is 2.30. The van der Waals surface area contributed by atoms with E-state index in [1.807, 2.05) is 18.7 Å². The Labute approximate surface area is 160 Å². The number of hydrogen-bond donors (Lipinski definition) is 1. The fourth-order valence-corrected chi connectivity index (χ4v) is 3.38. The maximum absolute atomic E-state index is 12.5. The van der Waals surface area contributed by atoms with Crippen molar-refractivity contribution in [2.24, 2.45) is 5.41 Å². The maximum Gasteiger partial charge on any atom is 0.335 e. The van der Waals surface area contributed by atoms with Gasteiger partial charge in [0.2, 0.25) is 0 Å². The van der Waals surface area contributed by atoms with Crippen LogP contribution in [0.5, 0.6) is 0 Å². The van der Waals surface area contributed by atoms with Crippen LogP contribution >= 0.6 is 15.9 Å². The topological polar surface area (TPSA) is 80.0 Å². The van der Waals surface area contributed by atoms with Crippen LogP contribution in [0.15, 0.2) is 31.9 Å². The third-order valence-electron chi connectivity index (χ3n) is 3.95. The number of nitrogens with zero attached hydrogens (tertiary/aromatic N) is 1. The monoisotopic (exact) mass is 425 g/mol. The van der Waals surface area contributed by atoms with E-state index in [4.69, 9.17) is 14.3 Å². The minimum Gasteiger partial charge on any atom is -0.478 e. The molecule has 1 N–H and O–H groups in total. The maximum atomic E-state index is 12.5. The van der Waals surface area contributed by atoms with E-state index in [0.717, 1.165) is 0 Å². The van der Waals surface area contributed by atoms with Crippen LogP contribution in [0.25, 0.3) is 11.0 Å². The summed E-state index contributed by atoms with van der Waals surface area (Å²) in [7, 11) is 0. The van der Waals surface area contributed by atoms with E-state index in [2.05, 4.69) is 29.8 Å². The third kappa shape index (κ3) is 4.45. The Morgan fingerprint density at radius 3 is 2.62 bits per heavy atom. The molecule has 1 aliphatic rings. The van der Waals surface area contributed by atoms with Gasteiger partial charge in [0.05, 0.1) is 28.6 Å². The van der Waals surface area contributed by atoms with Crippen molar-refractivity contribution in [2.45, 2.75) is 27.7 Å². The Morgan fingerprint density at radius 2 is 1.96 bits per heavy atom. The zero-order chi connectivity index (χ0) is 19.5. The average Bonchev–Trinajstić information content (AvgIpc) is 2.77. The van der Waals surface area contributed by atoms with Crippen LogP contribution in [0.4, 0.5) is 5.88 Å². The van der Waals surface area contributed by atoms with Gasteiger partial charge >= 0.3 is 5.97 Å². The number of carboxylic acid groups (broad SMARTS) is 1. The van der Waals surface area contributed by atoms with Crippen LogP contribution in [-0.4, -0.2) is 37.4 Å². The number of aromatic carboxylic acids is 1. The van der Waals surface area contributed by atoms with Crippen molar-refractivity contribution < 1.29 is 19.1 Å². The summed E-state index contributed by atoms with van der Waals surface area (Å²) < 4.78 is 12.0. The molecule has 0 unspecified atom stereocenters. The molecule has 0 aliphatic carbocycles. The van der Waals surface area contributed by atoms with Gasteiger partial charge in [-0.15, -0.1) is 0 Å². The second kappa shape index (κ2) is 8.22. The van der Waals surface area contributed by atoms with Gasteiger partial charge in [0.1, 0.15) is 0 Å². The van der Waals surface area contributed by atoms with Crippen molar-refractivity contribution in [1.82, 2.24) is 0 Å². The molecule has 1 aliphatic heterocycles. The molecule has 0 radical (unpaired) electrons. The molecule has 0 atom stereocenters. The summed E-state index contributed by atoms with van der Waals surface area (Å²) in [6, 6.07) is 4.20. The molecule has 1 fully saturated rings. The number of rotatable bonds is 2. The number of ether oxygens (including phenoxy) is 1. The molecule has 1 aromatic carbocycles. The standard InChI is InChI=1S/C17H18BrNO5.C2H6/c1-17(2)8-19(3-4-23-9-17)14-7-13(20)11-5-10(16(21)22)6-12(18)15(11)24-14;1-2/h5-7H,3-4,8-9H2,1-2H3,(H,21,22);1-2H3. The molecule has 142 valence electrons. The normalized spacial score (nSPS) is 16.6. The first-order chi connectivity index (χ1) is 12.3. The lowest BCUT2D eigenvalue weighted by molar-refractivity contribution is 0.0697. The van der Waals surface area contributed by atoms with Crippen LogP contribution in [0.2, 0.25) is 0 Å². The summed E-state index contributed by atoms with van der Waals surface area (Å²) in [4.78, 5) is 25.6. The Balaban J connectivity index is 0.00000117. The fraction of sp³-hybridized carbons (Fsp3) is 0.474. The number of halogens is 1. The molecular weight excluding hydrogens is 402 g/mol. The van der Waals surface area contributed by atoms with Crippen molar-refractivity contribution in [3.63, 3.8) is 0 Å². The van der Waals surface area contributed by atoms with Crippen molar-refractivity contribution in [1.29, 1.82) is 0 Å². The van der Waals surface area contributed by atoms with Gasteiger partial charge in [0, 0.05) is 24.6 Å². The molecule has 2 heterocycles. The lowest BCUT2D eigenvalue weighted by atomic mass is 9.94. The van der Waals surface area contributed by atoms with E-state index in [-0.39, 0.29) is 21.8 Å². The molecule has 0 spiro atoms. The number of carbonyl (C=O) groups is 1. The Morgan fingerprint density at radius 1 is 1.27 bits per heavy atom. The van der Waals surface area contributed by atoms with Crippen molar-refractivity contribution >= 4 is 38.8 Å². The molecule has 6 nitrogen and oxygen atoms in total. The number of carboxylic acids is 1. The summed E-state index contributed by atoms with van der Waals surface area (Å²) in [6.45, 7) is 10.7. The van der Waals surface area contributed by atoms with E-state index in [1.54, 1.807) is 0 Å². The highest BCUT2D eigenvalue weighted by molar-refractivity contribution is 9.10. The largest absolute Gasteiger partial charge is 0.478 e. The molecule has 1 aromatic heterocycles. The van der Waals surface area contributed by atoms with Crippen molar-refractivity contribution in [3.05, 3.63) is 38.5 Å². The van der Waals surface area contributed by atoms with Gasteiger partial charge in [-0.2, -0.15) is 0 Å². The second-order valence-electron chi connectivity index (χ2n) is 6.73. The molecule has 2 aromatic rings. The fourth-order valence-electron chi connectivity index (χ4n) is 2.84. The SMILES string of the molecule is CC.CC1(C)COCCN(c2cc(=O)c3cc(C(=O)O)cc(Br)c3o2)C1. The van der Waals surface area contributed by atoms with E-state index in [0.29, 0.717) is 42.2 Å². The first-order valence-corrected chi connectivity index (χ1v) is 9.39. The predicted octanol–water partition coefficient (Wildman–Crippen LogP) is 4.14. The Bertz CT molecular complexity index is 859. The van der Waals surface area contributed by atoms with Crippen LogP contribution in [-0.2, 0) is 4.74 Å². The quantitative estimate of drug-likeness (QED) is 0.778. The van der Waals surface area contributed by atoms with Gasteiger partial charge in [-0.25, -0.2) is 4.79 Å². The van der Waals surface area contributed by atoms with E-state index in [1.165, 1.54) is 18.2 Å². The first kappa shape index (κ1) is 20.5. The zero-order valence-corrected chi connectivity index (χ0v) is 17.1. The molecule has 1 saturated heterocycles. The smallest absolute Gasteiger partial charge is 0.335 e. The molecular formula is C19H24BrNO5. The Kier molecular flexibility index (Phi) is 6.47. The number of anilines is 1. The van der Waals surface area contributed by atoms with E-state index in [9.17, 15) is 9.59 Å². The van der Waals surface area contributed by atoms with Gasteiger partial charge < -0.3 is 19.2 Å². The first-order valence-electron chi connectivity index (χ1n) is 8.60. The average molecular weight is 426 g/mol. The highest BCUT2D eigenvalue weighted by atomic mass is 79.9. The summed E-state index contributed by atoms with van der Waals surface area (Å²) in [5.41, 5.74) is 0.0660. The zero-order valence-electron chi connectivity index (χ0n) is 15.5. The van der Waals surface area contributed by atoms with Crippen molar-refractivity contribution in [3.8, 4) is 0 Å². The predicted molar refractivity (Wildman–Crippen MR) is 105 cm³/mol. The number of benzene rings is 1. The molecule has 7 heteroatoms. The van der Waals surface area contributed by atoms with Gasteiger partial charge in [0.15, 0.2) is 16.9 Å².